The van der Waals surface area contributed by atoms with E-state index in [4.69, 9.17) is 5.11 Å². The number of aliphatic carboxylic acids is 1. The number of hydrogen-bond donors (Lipinski definition) is 3. The van der Waals surface area contributed by atoms with Gasteiger partial charge in [0.15, 0.2) is 0 Å². The first-order valence-electron chi connectivity index (χ1n) is 5.81. The third-order valence-electron chi connectivity index (χ3n) is 2.14. The number of ether oxygens (including phenoxy) is 1. The highest BCUT2D eigenvalue weighted by atomic mass is 16.5. The van der Waals surface area contributed by atoms with E-state index in [1.54, 1.807) is 20.8 Å². The van der Waals surface area contributed by atoms with Gasteiger partial charge in [-0.3, -0.25) is 4.79 Å². The Balaban J connectivity index is 3.96. The van der Waals surface area contributed by atoms with Gasteiger partial charge in [-0.25, -0.2) is 9.59 Å². The van der Waals surface area contributed by atoms with Crippen molar-refractivity contribution >= 4 is 18.0 Å². The van der Waals surface area contributed by atoms with Crippen LogP contribution in [0.5, 0.6) is 0 Å². The van der Waals surface area contributed by atoms with E-state index in [-0.39, 0.29) is 18.9 Å². The zero-order valence-electron chi connectivity index (χ0n) is 10.9. The first-order chi connectivity index (χ1) is 8.38. The van der Waals surface area contributed by atoms with Crippen molar-refractivity contribution in [1.82, 2.24) is 10.6 Å². The number of rotatable bonds is 7. The summed E-state index contributed by atoms with van der Waals surface area (Å²) in [7, 11) is 0. The lowest BCUT2D eigenvalue weighted by Crippen LogP contribution is -2.48. The van der Waals surface area contributed by atoms with Gasteiger partial charge < -0.3 is 20.5 Å². The van der Waals surface area contributed by atoms with Crippen molar-refractivity contribution in [2.45, 2.75) is 33.2 Å². The van der Waals surface area contributed by atoms with Gasteiger partial charge in [-0.05, 0) is 12.8 Å². The van der Waals surface area contributed by atoms with E-state index in [0.717, 1.165) is 0 Å². The van der Waals surface area contributed by atoms with Gasteiger partial charge in [0.05, 0.1) is 13.0 Å². The van der Waals surface area contributed by atoms with Crippen LogP contribution in [0.1, 0.15) is 27.2 Å². The molecule has 0 radical (unpaired) electrons. The number of hydrogen-bond acceptors (Lipinski definition) is 4. The second-order valence-corrected chi connectivity index (χ2v) is 4.02. The van der Waals surface area contributed by atoms with Crippen molar-refractivity contribution in [3.05, 3.63) is 0 Å². The Bertz CT molecular complexity index is 304. The molecule has 0 aromatic heterocycles. The van der Waals surface area contributed by atoms with E-state index in [0.29, 0.717) is 6.61 Å². The van der Waals surface area contributed by atoms with E-state index < -0.39 is 24.0 Å². The maximum absolute atomic E-state index is 11.4. The van der Waals surface area contributed by atoms with Gasteiger partial charge >= 0.3 is 18.0 Å². The van der Waals surface area contributed by atoms with Gasteiger partial charge in [0.25, 0.3) is 0 Å². The molecule has 0 aliphatic heterocycles. The normalized spacial score (nSPS) is 11.8. The van der Waals surface area contributed by atoms with Gasteiger partial charge in [0.1, 0.15) is 6.04 Å². The van der Waals surface area contributed by atoms with Crippen LogP contribution in [0.2, 0.25) is 0 Å². The zero-order valence-corrected chi connectivity index (χ0v) is 10.9. The summed E-state index contributed by atoms with van der Waals surface area (Å²) in [4.78, 5) is 33.2. The summed E-state index contributed by atoms with van der Waals surface area (Å²) in [6, 6.07) is -1.56. The summed E-state index contributed by atoms with van der Waals surface area (Å²) in [5, 5.41) is 13.6. The van der Waals surface area contributed by atoms with E-state index in [2.05, 4.69) is 15.4 Å². The highest BCUT2D eigenvalue weighted by molar-refractivity contribution is 5.82. The van der Waals surface area contributed by atoms with Crippen LogP contribution >= 0.6 is 0 Å². The van der Waals surface area contributed by atoms with Crippen LogP contribution in [0.3, 0.4) is 0 Å². The zero-order chi connectivity index (χ0) is 14.1. The Morgan fingerprint density at radius 1 is 1.28 bits per heavy atom. The molecule has 2 amide bonds. The SMILES string of the molecule is CCOC(=O)CCNC(=O)NC(C(=O)O)C(C)C. The summed E-state index contributed by atoms with van der Waals surface area (Å²) >= 11 is 0. The molecule has 1 unspecified atom stereocenters. The first-order valence-corrected chi connectivity index (χ1v) is 5.81. The summed E-state index contributed by atoms with van der Waals surface area (Å²) in [6.45, 7) is 5.47. The molecule has 0 saturated carbocycles. The Hall–Kier alpha value is -1.79. The molecule has 1 atom stereocenters. The van der Waals surface area contributed by atoms with Gasteiger partial charge in [-0.15, -0.1) is 0 Å². The fourth-order valence-corrected chi connectivity index (χ4v) is 1.22. The molecule has 0 bridgehead atoms. The van der Waals surface area contributed by atoms with Gasteiger partial charge in [-0.1, -0.05) is 13.8 Å². The summed E-state index contributed by atoms with van der Waals surface area (Å²) in [6.07, 6.45) is 0.0562. The third kappa shape index (κ3) is 6.72. The molecule has 0 aromatic carbocycles. The number of amides is 2. The number of nitrogens with one attached hydrogen (secondary N) is 2. The summed E-state index contributed by atoms with van der Waals surface area (Å²) in [5.74, 6) is -1.72. The average Bonchev–Trinajstić information content (AvgIpc) is 2.25. The van der Waals surface area contributed by atoms with Crippen LogP contribution in [0, 0.1) is 5.92 Å². The molecule has 3 N–H and O–H groups in total. The molecule has 0 saturated heterocycles. The molecule has 0 fully saturated rings. The minimum Gasteiger partial charge on any atom is -0.480 e. The lowest BCUT2D eigenvalue weighted by atomic mass is 10.1. The van der Waals surface area contributed by atoms with Gasteiger partial charge in [0, 0.05) is 6.54 Å². The van der Waals surface area contributed by atoms with E-state index in [9.17, 15) is 14.4 Å². The maximum atomic E-state index is 11.4. The van der Waals surface area contributed by atoms with Crippen LogP contribution in [0.15, 0.2) is 0 Å². The molecule has 0 aliphatic rings. The monoisotopic (exact) mass is 260 g/mol. The molecule has 7 nitrogen and oxygen atoms in total. The number of carboxylic acid groups (broad SMARTS) is 1. The van der Waals surface area contributed by atoms with Crippen LogP contribution < -0.4 is 10.6 Å². The van der Waals surface area contributed by atoms with E-state index in [1.165, 1.54) is 0 Å². The number of urea groups is 1. The second-order valence-electron chi connectivity index (χ2n) is 4.02. The lowest BCUT2D eigenvalue weighted by Gasteiger charge is -2.18. The number of esters is 1. The fourth-order valence-electron chi connectivity index (χ4n) is 1.22. The van der Waals surface area contributed by atoms with E-state index in [1.807, 2.05) is 0 Å². The van der Waals surface area contributed by atoms with Gasteiger partial charge in [-0.2, -0.15) is 0 Å². The van der Waals surface area contributed by atoms with Crippen LogP contribution in [-0.4, -0.2) is 42.3 Å². The largest absolute Gasteiger partial charge is 0.480 e. The highest BCUT2D eigenvalue weighted by Gasteiger charge is 2.23. The maximum Gasteiger partial charge on any atom is 0.326 e. The minimum atomic E-state index is -1.09. The smallest absolute Gasteiger partial charge is 0.326 e. The lowest BCUT2D eigenvalue weighted by molar-refractivity contribution is -0.143. The summed E-state index contributed by atoms with van der Waals surface area (Å²) in [5.41, 5.74) is 0. The predicted molar refractivity (Wildman–Crippen MR) is 64.0 cm³/mol. The molecule has 104 valence electrons. The predicted octanol–water partition coefficient (Wildman–Crippen LogP) is 0.348. The molecule has 0 heterocycles. The van der Waals surface area contributed by atoms with Crippen molar-refractivity contribution in [2.75, 3.05) is 13.2 Å². The van der Waals surface area contributed by atoms with Crippen LogP contribution in [0.4, 0.5) is 4.79 Å². The van der Waals surface area contributed by atoms with E-state index >= 15 is 0 Å². The van der Waals surface area contributed by atoms with Crippen LogP contribution in [-0.2, 0) is 14.3 Å². The molecule has 7 heteroatoms. The van der Waals surface area contributed by atoms with Crippen molar-refractivity contribution in [3.8, 4) is 0 Å². The second kappa shape index (κ2) is 8.32. The molecule has 0 rings (SSSR count). The Morgan fingerprint density at radius 3 is 2.33 bits per heavy atom. The van der Waals surface area contributed by atoms with Gasteiger partial charge in [0.2, 0.25) is 0 Å². The molecular formula is C11H20N2O5. The van der Waals surface area contributed by atoms with Crippen LogP contribution in [0.25, 0.3) is 0 Å². The average molecular weight is 260 g/mol. The first kappa shape index (κ1) is 16.2. The molecule has 0 aliphatic carbocycles. The minimum absolute atomic E-state index is 0.0562. The Morgan fingerprint density at radius 2 is 1.89 bits per heavy atom. The topological polar surface area (TPSA) is 105 Å². The molecular weight excluding hydrogens is 240 g/mol. The third-order valence-corrected chi connectivity index (χ3v) is 2.14. The fraction of sp³-hybridized carbons (Fsp3) is 0.727. The quantitative estimate of drug-likeness (QED) is 0.573. The van der Waals surface area contributed by atoms with Crippen molar-refractivity contribution in [3.63, 3.8) is 0 Å². The van der Waals surface area contributed by atoms with Crippen molar-refractivity contribution < 1.29 is 24.2 Å². The summed E-state index contributed by atoms with van der Waals surface area (Å²) < 4.78 is 4.68. The number of carboxylic acids is 1. The molecule has 0 spiro atoms. The number of carbonyl (C=O) groups excluding carboxylic acids is 2. The number of carbonyl (C=O) groups is 3. The Kier molecular flexibility index (Phi) is 7.50. The van der Waals surface area contributed by atoms with Crippen molar-refractivity contribution in [2.24, 2.45) is 5.92 Å². The highest BCUT2D eigenvalue weighted by Crippen LogP contribution is 2.01. The Labute approximate surface area is 106 Å². The standard InChI is InChI=1S/C11H20N2O5/c1-4-18-8(14)5-6-12-11(17)13-9(7(2)3)10(15)16/h7,9H,4-6H2,1-3H3,(H,15,16)(H2,12,13,17). The van der Waals surface area contributed by atoms with Crippen molar-refractivity contribution in [1.29, 1.82) is 0 Å². The molecule has 0 aromatic rings. The molecule has 18 heavy (non-hydrogen) atoms.